The van der Waals surface area contributed by atoms with Crippen molar-refractivity contribution >= 4 is 40.2 Å². The molecule has 0 radical (unpaired) electrons. The topological polar surface area (TPSA) is 73.2 Å². The Morgan fingerprint density at radius 2 is 2.07 bits per heavy atom. The van der Waals surface area contributed by atoms with Crippen molar-refractivity contribution in [1.29, 1.82) is 0 Å². The van der Waals surface area contributed by atoms with E-state index in [-0.39, 0.29) is 17.2 Å². The van der Waals surface area contributed by atoms with Crippen LogP contribution in [0.4, 0.5) is 0 Å². The summed E-state index contributed by atoms with van der Waals surface area (Å²) >= 11 is 7.39. The number of thioether (sulfide) groups is 1. The molecule has 1 N–H and O–H groups in total. The molecule has 0 saturated heterocycles. The van der Waals surface area contributed by atoms with Crippen molar-refractivity contribution in [2.24, 2.45) is 0 Å². The zero-order chi connectivity index (χ0) is 19.6. The quantitative estimate of drug-likeness (QED) is 0.523. The van der Waals surface area contributed by atoms with Gasteiger partial charge in [0.2, 0.25) is 5.91 Å². The molecule has 27 heavy (non-hydrogen) atoms. The van der Waals surface area contributed by atoms with E-state index in [1.54, 1.807) is 37.4 Å². The van der Waals surface area contributed by atoms with E-state index >= 15 is 0 Å². The van der Waals surface area contributed by atoms with E-state index in [1.165, 1.54) is 23.4 Å². The molecule has 8 heteroatoms. The first-order valence-electron chi connectivity index (χ1n) is 8.16. The number of carbonyl (C=O) groups excluding carboxylic acids is 1. The standard InChI is InChI=1S/C19H18ClN3O3S/c1-11-8-15(16(26-3)9-13(11)20)23-18(25)12-6-4-5-7-14(12)22-19(23)27-10-17(24)21-2/h4-9H,10H2,1-3H3,(H,21,24). The van der Waals surface area contributed by atoms with Crippen molar-refractivity contribution in [3.05, 3.63) is 57.3 Å². The molecule has 140 valence electrons. The van der Waals surface area contributed by atoms with Gasteiger partial charge in [0, 0.05) is 18.1 Å². The second-order valence-corrected chi connectivity index (χ2v) is 7.14. The number of amides is 1. The van der Waals surface area contributed by atoms with Crippen LogP contribution in [0, 0.1) is 6.92 Å². The van der Waals surface area contributed by atoms with Crippen molar-refractivity contribution in [2.45, 2.75) is 12.1 Å². The summed E-state index contributed by atoms with van der Waals surface area (Å²) in [5.74, 6) is 0.427. The molecule has 3 rings (SSSR count). The molecule has 0 aliphatic heterocycles. The van der Waals surface area contributed by atoms with E-state index in [4.69, 9.17) is 16.3 Å². The number of aryl methyl sites for hydroxylation is 1. The largest absolute Gasteiger partial charge is 0.495 e. The first-order valence-corrected chi connectivity index (χ1v) is 9.52. The van der Waals surface area contributed by atoms with Crippen LogP contribution < -0.4 is 15.6 Å². The molecule has 0 bridgehead atoms. The summed E-state index contributed by atoms with van der Waals surface area (Å²) < 4.78 is 6.91. The zero-order valence-corrected chi connectivity index (χ0v) is 16.6. The Morgan fingerprint density at radius 3 is 2.78 bits per heavy atom. The average Bonchev–Trinajstić information content (AvgIpc) is 2.68. The summed E-state index contributed by atoms with van der Waals surface area (Å²) in [6.07, 6.45) is 0. The molecule has 0 unspecified atom stereocenters. The lowest BCUT2D eigenvalue weighted by molar-refractivity contribution is -0.118. The molecule has 1 aromatic heterocycles. The van der Waals surface area contributed by atoms with Gasteiger partial charge >= 0.3 is 0 Å². The number of para-hydroxylation sites is 1. The molecule has 1 amide bonds. The van der Waals surface area contributed by atoms with Gasteiger partial charge in [0.1, 0.15) is 5.75 Å². The number of aromatic nitrogens is 2. The number of methoxy groups -OCH3 is 1. The van der Waals surface area contributed by atoms with Crippen molar-refractivity contribution < 1.29 is 9.53 Å². The third-order valence-corrected chi connectivity index (χ3v) is 5.40. The number of fused-ring (bicyclic) bond motifs is 1. The van der Waals surface area contributed by atoms with Gasteiger partial charge in [-0.15, -0.1) is 0 Å². The van der Waals surface area contributed by atoms with E-state index in [0.29, 0.717) is 32.5 Å². The summed E-state index contributed by atoms with van der Waals surface area (Å²) in [5.41, 5.74) is 1.67. The van der Waals surface area contributed by atoms with Gasteiger partial charge in [0.05, 0.1) is 29.5 Å². The predicted molar refractivity (Wildman–Crippen MR) is 108 cm³/mol. The molecule has 0 atom stereocenters. The van der Waals surface area contributed by atoms with E-state index in [2.05, 4.69) is 10.3 Å². The van der Waals surface area contributed by atoms with Crippen molar-refractivity contribution in [1.82, 2.24) is 14.9 Å². The van der Waals surface area contributed by atoms with Crippen LogP contribution in [0.3, 0.4) is 0 Å². The van der Waals surface area contributed by atoms with Crippen molar-refractivity contribution in [2.75, 3.05) is 19.9 Å². The number of rotatable bonds is 5. The fraction of sp³-hybridized carbons (Fsp3) is 0.211. The van der Waals surface area contributed by atoms with Crippen LogP contribution in [0.15, 0.2) is 46.3 Å². The lowest BCUT2D eigenvalue weighted by atomic mass is 10.2. The van der Waals surface area contributed by atoms with Gasteiger partial charge in [0.25, 0.3) is 5.56 Å². The van der Waals surface area contributed by atoms with Crippen LogP contribution >= 0.6 is 23.4 Å². The van der Waals surface area contributed by atoms with Gasteiger partial charge in [-0.3, -0.25) is 14.2 Å². The molecule has 0 aliphatic carbocycles. The van der Waals surface area contributed by atoms with E-state index < -0.39 is 0 Å². The van der Waals surface area contributed by atoms with Gasteiger partial charge < -0.3 is 10.1 Å². The average molecular weight is 404 g/mol. The highest BCUT2D eigenvalue weighted by Crippen LogP contribution is 2.31. The number of benzene rings is 2. The Labute approximate surface area is 165 Å². The molecule has 0 spiro atoms. The van der Waals surface area contributed by atoms with Gasteiger partial charge in [-0.05, 0) is 30.7 Å². The number of carbonyl (C=O) groups is 1. The van der Waals surface area contributed by atoms with Crippen LogP contribution in [0.25, 0.3) is 16.6 Å². The zero-order valence-electron chi connectivity index (χ0n) is 15.1. The van der Waals surface area contributed by atoms with Crippen LogP contribution in [0.5, 0.6) is 5.75 Å². The molecule has 0 saturated carbocycles. The number of hydrogen-bond donors (Lipinski definition) is 1. The van der Waals surface area contributed by atoms with Gasteiger partial charge in [-0.25, -0.2) is 4.98 Å². The van der Waals surface area contributed by atoms with Crippen LogP contribution in [0.1, 0.15) is 5.56 Å². The molecular formula is C19H18ClN3O3S. The van der Waals surface area contributed by atoms with Crippen molar-refractivity contribution in [3.63, 3.8) is 0 Å². The van der Waals surface area contributed by atoms with E-state index in [0.717, 1.165) is 5.56 Å². The second kappa shape index (κ2) is 8.02. The number of nitrogens with one attached hydrogen (secondary N) is 1. The Morgan fingerprint density at radius 1 is 1.33 bits per heavy atom. The molecule has 3 aromatic rings. The van der Waals surface area contributed by atoms with Crippen LogP contribution in [-0.4, -0.2) is 35.4 Å². The highest BCUT2D eigenvalue weighted by Gasteiger charge is 2.18. The normalized spacial score (nSPS) is 10.8. The van der Waals surface area contributed by atoms with Gasteiger partial charge in [0.15, 0.2) is 5.16 Å². The molecule has 2 aromatic carbocycles. The maximum absolute atomic E-state index is 13.2. The summed E-state index contributed by atoms with van der Waals surface area (Å²) in [6, 6.07) is 10.6. The summed E-state index contributed by atoms with van der Waals surface area (Å²) in [7, 11) is 3.08. The van der Waals surface area contributed by atoms with E-state index in [1.807, 2.05) is 13.0 Å². The third-order valence-electron chi connectivity index (χ3n) is 4.06. The lowest BCUT2D eigenvalue weighted by Gasteiger charge is -2.17. The Balaban J connectivity index is 2.30. The summed E-state index contributed by atoms with van der Waals surface area (Å²) in [4.78, 5) is 29.6. The molecule has 0 aliphatic rings. The lowest BCUT2D eigenvalue weighted by Crippen LogP contribution is -2.24. The molecule has 0 fully saturated rings. The molecular weight excluding hydrogens is 386 g/mol. The number of nitrogens with zero attached hydrogens (tertiary/aromatic N) is 2. The van der Waals surface area contributed by atoms with Gasteiger partial charge in [-0.2, -0.15) is 0 Å². The molecule has 1 heterocycles. The molecule has 6 nitrogen and oxygen atoms in total. The van der Waals surface area contributed by atoms with Crippen LogP contribution in [-0.2, 0) is 4.79 Å². The summed E-state index contributed by atoms with van der Waals surface area (Å²) in [6.45, 7) is 1.85. The summed E-state index contributed by atoms with van der Waals surface area (Å²) in [5, 5.41) is 3.99. The van der Waals surface area contributed by atoms with Crippen LogP contribution in [0.2, 0.25) is 5.02 Å². The second-order valence-electron chi connectivity index (χ2n) is 5.79. The first-order chi connectivity index (χ1) is 13.0. The number of halogens is 1. The minimum atomic E-state index is -0.236. The highest BCUT2D eigenvalue weighted by molar-refractivity contribution is 7.99. The fourth-order valence-electron chi connectivity index (χ4n) is 2.61. The number of hydrogen-bond acceptors (Lipinski definition) is 5. The first kappa shape index (κ1) is 19.3. The van der Waals surface area contributed by atoms with Crippen molar-refractivity contribution in [3.8, 4) is 11.4 Å². The minimum absolute atomic E-state index is 0.135. The SMILES string of the molecule is CNC(=O)CSc1nc2ccccc2c(=O)n1-c1cc(C)c(Cl)cc1OC. The minimum Gasteiger partial charge on any atom is -0.495 e. The third kappa shape index (κ3) is 3.79. The smallest absolute Gasteiger partial charge is 0.266 e. The van der Waals surface area contributed by atoms with E-state index in [9.17, 15) is 9.59 Å². The number of ether oxygens (including phenoxy) is 1. The van der Waals surface area contributed by atoms with Gasteiger partial charge in [-0.1, -0.05) is 35.5 Å². The Kier molecular flexibility index (Phi) is 5.72. The fourth-order valence-corrected chi connectivity index (χ4v) is 3.64. The highest BCUT2D eigenvalue weighted by atomic mass is 35.5. The maximum Gasteiger partial charge on any atom is 0.266 e. The predicted octanol–water partition coefficient (Wildman–Crippen LogP) is 3.19. The maximum atomic E-state index is 13.2. The Hall–Kier alpha value is -2.51. The monoisotopic (exact) mass is 403 g/mol. The Bertz CT molecular complexity index is 1080.